The predicted octanol–water partition coefficient (Wildman–Crippen LogP) is 4.42. The predicted molar refractivity (Wildman–Crippen MR) is 95.0 cm³/mol. The summed E-state index contributed by atoms with van der Waals surface area (Å²) in [7, 11) is 1.72. The number of aromatic nitrogens is 2. The second-order valence-electron chi connectivity index (χ2n) is 5.78. The molecule has 0 amide bonds. The Kier molecular flexibility index (Phi) is 3.58. The first kappa shape index (κ1) is 14.6. The summed E-state index contributed by atoms with van der Waals surface area (Å²) in [5.41, 5.74) is 6.21. The number of rotatable bonds is 3. The molecule has 0 radical (unpaired) electrons. The zero-order valence-electron chi connectivity index (χ0n) is 13.3. The number of hydrogen-bond donors (Lipinski definition) is 1. The molecule has 4 heteroatoms. The normalized spacial score (nSPS) is 12.7. The van der Waals surface area contributed by atoms with Crippen molar-refractivity contribution in [3.05, 3.63) is 77.5 Å². The van der Waals surface area contributed by atoms with Gasteiger partial charge in [0, 0.05) is 31.4 Å². The number of fused-ring (bicyclic) bond motifs is 1. The maximum Gasteiger partial charge on any atom is 0.222 e. The molecule has 0 saturated carbocycles. The molecule has 1 N–H and O–H groups in total. The summed E-state index contributed by atoms with van der Waals surface area (Å²) in [4.78, 5) is 8.07. The lowest BCUT2D eigenvalue weighted by Crippen LogP contribution is -1.96. The van der Waals surface area contributed by atoms with Crippen molar-refractivity contribution < 1.29 is 4.39 Å². The van der Waals surface area contributed by atoms with Crippen molar-refractivity contribution in [1.82, 2.24) is 9.97 Å². The molecular formula is C20H16FN3. The second kappa shape index (κ2) is 5.89. The monoisotopic (exact) mass is 317 g/mol. The number of nitrogens with zero attached hydrogens (tertiary/aromatic N) is 2. The van der Waals surface area contributed by atoms with Gasteiger partial charge in [-0.15, -0.1) is 0 Å². The number of benzene rings is 1. The van der Waals surface area contributed by atoms with Crippen molar-refractivity contribution in [2.75, 3.05) is 12.4 Å². The van der Waals surface area contributed by atoms with Crippen LogP contribution in [0.2, 0.25) is 0 Å². The number of anilines is 1. The third-order valence-electron chi connectivity index (χ3n) is 4.32. The molecule has 2 heterocycles. The van der Waals surface area contributed by atoms with Crippen LogP contribution in [0.3, 0.4) is 0 Å². The van der Waals surface area contributed by atoms with Crippen LogP contribution in [0.1, 0.15) is 16.7 Å². The average molecular weight is 317 g/mol. The summed E-state index contributed by atoms with van der Waals surface area (Å²) < 4.78 is 14.1. The Morgan fingerprint density at radius 3 is 2.50 bits per heavy atom. The molecule has 1 aromatic carbocycles. The van der Waals surface area contributed by atoms with Crippen LogP contribution in [-0.2, 0) is 6.42 Å². The van der Waals surface area contributed by atoms with Crippen LogP contribution in [0.25, 0.3) is 22.8 Å². The fourth-order valence-electron chi connectivity index (χ4n) is 3.01. The highest BCUT2D eigenvalue weighted by Gasteiger charge is 2.14. The molecule has 0 saturated heterocycles. The van der Waals surface area contributed by atoms with Crippen LogP contribution in [0, 0.1) is 5.95 Å². The van der Waals surface area contributed by atoms with Gasteiger partial charge in [-0.2, -0.15) is 4.39 Å². The fourth-order valence-corrected chi connectivity index (χ4v) is 3.01. The Hall–Kier alpha value is -3.01. The highest BCUT2D eigenvalue weighted by Crippen LogP contribution is 2.32. The second-order valence-corrected chi connectivity index (χ2v) is 5.78. The van der Waals surface area contributed by atoms with E-state index in [9.17, 15) is 4.39 Å². The fraction of sp³-hybridized carbons (Fsp3) is 0.100. The molecule has 0 fully saturated rings. The van der Waals surface area contributed by atoms with Gasteiger partial charge in [0.1, 0.15) is 5.82 Å². The summed E-state index contributed by atoms with van der Waals surface area (Å²) >= 11 is 0. The van der Waals surface area contributed by atoms with Gasteiger partial charge in [0.15, 0.2) is 0 Å². The zero-order valence-corrected chi connectivity index (χ0v) is 13.3. The van der Waals surface area contributed by atoms with Gasteiger partial charge >= 0.3 is 0 Å². The molecule has 3 nitrogen and oxygen atoms in total. The molecule has 0 unspecified atom stereocenters. The van der Waals surface area contributed by atoms with E-state index in [0.717, 1.165) is 17.5 Å². The van der Waals surface area contributed by atoms with E-state index in [2.05, 4.69) is 21.4 Å². The minimum atomic E-state index is -0.465. The van der Waals surface area contributed by atoms with E-state index >= 15 is 0 Å². The minimum absolute atomic E-state index is 0.465. The van der Waals surface area contributed by atoms with Crippen molar-refractivity contribution in [3.8, 4) is 11.1 Å². The number of pyridine rings is 2. The summed E-state index contributed by atoms with van der Waals surface area (Å²) in [6, 6.07) is 13.5. The van der Waals surface area contributed by atoms with Crippen molar-refractivity contribution in [2.45, 2.75) is 6.42 Å². The standard InChI is InChI=1S/C20H16FN3/c1-22-19-7-6-18(20(21)24-19)14-4-2-13(3-5-14)16-10-15-8-9-23-12-17(15)11-16/h2-10,12H,11H2,1H3,(H,22,24). The average Bonchev–Trinajstić information content (AvgIpc) is 3.06. The Balaban J connectivity index is 1.62. The molecule has 4 rings (SSSR count). The summed E-state index contributed by atoms with van der Waals surface area (Å²) in [5, 5.41) is 2.84. The van der Waals surface area contributed by atoms with E-state index in [-0.39, 0.29) is 0 Å². The van der Waals surface area contributed by atoms with Gasteiger partial charge < -0.3 is 5.32 Å². The number of allylic oxidation sites excluding steroid dienone is 1. The minimum Gasteiger partial charge on any atom is -0.373 e. The molecule has 3 aromatic rings. The third-order valence-corrected chi connectivity index (χ3v) is 4.32. The molecule has 0 atom stereocenters. The quantitative estimate of drug-likeness (QED) is 0.727. The van der Waals surface area contributed by atoms with Gasteiger partial charge in [-0.1, -0.05) is 30.3 Å². The smallest absolute Gasteiger partial charge is 0.222 e. The summed E-state index contributed by atoms with van der Waals surface area (Å²) in [5.74, 6) is 0.0588. The molecule has 118 valence electrons. The van der Waals surface area contributed by atoms with E-state index in [1.54, 1.807) is 19.2 Å². The van der Waals surface area contributed by atoms with Crippen molar-refractivity contribution >= 4 is 17.5 Å². The number of nitrogens with one attached hydrogen (secondary N) is 1. The van der Waals surface area contributed by atoms with Crippen molar-refractivity contribution in [3.63, 3.8) is 0 Å². The van der Waals surface area contributed by atoms with Crippen LogP contribution in [0.5, 0.6) is 0 Å². The highest BCUT2D eigenvalue weighted by atomic mass is 19.1. The van der Waals surface area contributed by atoms with Gasteiger partial charge in [-0.05, 0) is 46.0 Å². The Morgan fingerprint density at radius 2 is 1.79 bits per heavy atom. The van der Waals surface area contributed by atoms with Crippen LogP contribution < -0.4 is 5.32 Å². The van der Waals surface area contributed by atoms with E-state index in [1.165, 1.54) is 16.7 Å². The van der Waals surface area contributed by atoms with Gasteiger partial charge in [-0.25, -0.2) is 4.98 Å². The number of hydrogen-bond acceptors (Lipinski definition) is 3. The Bertz CT molecular complexity index is 930. The Morgan fingerprint density at radius 1 is 1.00 bits per heavy atom. The lowest BCUT2D eigenvalue weighted by atomic mass is 10.00. The van der Waals surface area contributed by atoms with Crippen LogP contribution >= 0.6 is 0 Å². The maximum absolute atomic E-state index is 14.1. The Labute approximate surface area is 139 Å². The van der Waals surface area contributed by atoms with Gasteiger partial charge in [0.2, 0.25) is 5.95 Å². The van der Waals surface area contributed by atoms with Crippen LogP contribution in [0.4, 0.5) is 10.2 Å². The van der Waals surface area contributed by atoms with Gasteiger partial charge in [0.25, 0.3) is 0 Å². The highest BCUT2D eigenvalue weighted by molar-refractivity contribution is 5.88. The molecule has 1 aliphatic rings. The van der Waals surface area contributed by atoms with E-state index in [0.29, 0.717) is 11.4 Å². The van der Waals surface area contributed by atoms with Crippen molar-refractivity contribution in [1.29, 1.82) is 0 Å². The molecular weight excluding hydrogens is 301 g/mol. The first-order chi connectivity index (χ1) is 11.7. The van der Waals surface area contributed by atoms with Crippen LogP contribution in [0.15, 0.2) is 54.9 Å². The topological polar surface area (TPSA) is 37.8 Å². The van der Waals surface area contributed by atoms with Crippen LogP contribution in [-0.4, -0.2) is 17.0 Å². The lowest BCUT2D eigenvalue weighted by Gasteiger charge is -2.07. The largest absolute Gasteiger partial charge is 0.373 e. The zero-order chi connectivity index (χ0) is 16.5. The molecule has 2 aromatic heterocycles. The van der Waals surface area contributed by atoms with E-state index in [1.807, 2.05) is 42.7 Å². The SMILES string of the molecule is CNc1ccc(-c2ccc(C3=Cc4ccncc4C3)cc2)c(F)n1. The first-order valence-electron chi connectivity index (χ1n) is 7.83. The van der Waals surface area contributed by atoms with Gasteiger partial charge in [-0.3, -0.25) is 4.98 Å². The van der Waals surface area contributed by atoms with Gasteiger partial charge in [0.05, 0.1) is 0 Å². The lowest BCUT2D eigenvalue weighted by molar-refractivity contribution is 0.589. The summed E-state index contributed by atoms with van der Waals surface area (Å²) in [6.07, 6.45) is 6.80. The molecule has 1 aliphatic carbocycles. The maximum atomic E-state index is 14.1. The molecule has 0 aliphatic heterocycles. The molecule has 0 spiro atoms. The molecule has 0 bridgehead atoms. The third kappa shape index (κ3) is 2.56. The van der Waals surface area contributed by atoms with E-state index in [4.69, 9.17) is 0 Å². The van der Waals surface area contributed by atoms with E-state index < -0.39 is 5.95 Å². The number of halogens is 1. The van der Waals surface area contributed by atoms with Crippen molar-refractivity contribution in [2.24, 2.45) is 0 Å². The molecule has 24 heavy (non-hydrogen) atoms. The first-order valence-corrected chi connectivity index (χ1v) is 7.83. The summed E-state index contributed by atoms with van der Waals surface area (Å²) in [6.45, 7) is 0.